The van der Waals surface area contributed by atoms with Crippen molar-refractivity contribution in [3.8, 4) is 0 Å². The summed E-state index contributed by atoms with van der Waals surface area (Å²) in [5.74, 6) is -1.96. The molecule has 0 aliphatic heterocycles. The first-order chi connectivity index (χ1) is 10.3. The van der Waals surface area contributed by atoms with Crippen molar-refractivity contribution in [3.05, 3.63) is 51.7 Å². The summed E-state index contributed by atoms with van der Waals surface area (Å²) in [5, 5.41) is 9.23. The monoisotopic (exact) mass is 403 g/mol. The van der Waals surface area contributed by atoms with Gasteiger partial charge in [0.15, 0.2) is 0 Å². The van der Waals surface area contributed by atoms with Crippen LogP contribution in [0.5, 0.6) is 0 Å². The van der Waals surface area contributed by atoms with Crippen molar-refractivity contribution in [2.75, 3.05) is 0 Å². The van der Waals surface area contributed by atoms with Crippen LogP contribution in [0, 0.1) is 5.82 Å². The van der Waals surface area contributed by atoms with Crippen LogP contribution in [0.2, 0.25) is 0 Å². The first-order valence-electron chi connectivity index (χ1n) is 5.85. The van der Waals surface area contributed by atoms with E-state index in [1.807, 2.05) is 0 Å². The van der Waals surface area contributed by atoms with Crippen LogP contribution in [0.1, 0.15) is 10.4 Å². The summed E-state index contributed by atoms with van der Waals surface area (Å²) in [6.45, 7) is 0. The highest BCUT2D eigenvalue weighted by Gasteiger charge is 2.25. The van der Waals surface area contributed by atoms with E-state index in [2.05, 4.69) is 15.9 Å². The molecule has 3 rings (SSSR count). The Labute approximate surface area is 136 Å². The molecule has 0 aliphatic rings. The smallest absolute Gasteiger partial charge is 0.337 e. The van der Waals surface area contributed by atoms with E-state index < -0.39 is 21.8 Å². The summed E-state index contributed by atoms with van der Waals surface area (Å²) < 4.78 is 40.2. The summed E-state index contributed by atoms with van der Waals surface area (Å²) in [6, 6.07) is 6.34. The van der Waals surface area contributed by atoms with E-state index in [0.29, 0.717) is 3.79 Å². The zero-order valence-corrected chi connectivity index (χ0v) is 13.9. The van der Waals surface area contributed by atoms with Gasteiger partial charge in [0.05, 0.1) is 14.9 Å². The molecule has 0 fully saturated rings. The van der Waals surface area contributed by atoms with E-state index in [1.54, 1.807) is 6.07 Å². The Bertz CT molecular complexity index is 1010. The molecule has 0 spiro atoms. The lowest BCUT2D eigenvalue weighted by Gasteiger charge is -2.04. The van der Waals surface area contributed by atoms with Crippen molar-refractivity contribution < 1.29 is 22.7 Å². The van der Waals surface area contributed by atoms with Gasteiger partial charge in [-0.1, -0.05) is 0 Å². The van der Waals surface area contributed by atoms with Crippen molar-refractivity contribution in [2.45, 2.75) is 4.21 Å². The topological polar surface area (TPSA) is 76.4 Å². The SMILES string of the molecule is O=C(O)c1cn(S(=O)(=O)c2ccc(Br)s2)c2ccc(F)cc12. The summed E-state index contributed by atoms with van der Waals surface area (Å²) in [4.78, 5) is 11.3. The van der Waals surface area contributed by atoms with Gasteiger partial charge in [-0.05, 0) is 46.3 Å². The van der Waals surface area contributed by atoms with Crippen LogP contribution in [-0.2, 0) is 10.0 Å². The number of carbonyl (C=O) groups is 1. The zero-order chi connectivity index (χ0) is 16.1. The second-order valence-corrected chi connectivity index (χ2v) is 8.87. The van der Waals surface area contributed by atoms with E-state index >= 15 is 0 Å². The molecule has 0 unspecified atom stereocenters. The van der Waals surface area contributed by atoms with E-state index in [4.69, 9.17) is 0 Å². The molecular weight excluding hydrogens is 397 g/mol. The predicted molar refractivity (Wildman–Crippen MR) is 83.5 cm³/mol. The number of aromatic nitrogens is 1. The Morgan fingerprint density at radius 3 is 2.59 bits per heavy atom. The number of carboxylic acids is 1. The van der Waals surface area contributed by atoms with Crippen molar-refractivity contribution in [2.24, 2.45) is 0 Å². The Morgan fingerprint density at radius 1 is 1.27 bits per heavy atom. The molecule has 5 nitrogen and oxygen atoms in total. The molecule has 0 atom stereocenters. The lowest BCUT2D eigenvalue weighted by atomic mass is 10.2. The second kappa shape index (κ2) is 5.18. The summed E-state index contributed by atoms with van der Waals surface area (Å²) >= 11 is 4.19. The average Bonchev–Trinajstić information content (AvgIpc) is 3.02. The maximum absolute atomic E-state index is 13.4. The van der Waals surface area contributed by atoms with E-state index in [0.717, 1.165) is 33.6 Å². The first-order valence-corrected chi connectivity index (χ1v) is 8.90. The summed E-state index contributed by atoms with van der Waals surface area (Å²) in [6.07, 6.45) is 0.995. The molecule has 22 heavy (non-hydrogen) atoms. The maximum atomic E-state index is 13.4. The number of carboxylic acid groups (broad SMARTS) is 1. The highest BCUT2D eigenvalue weighted by molar-refractivity contribution is 9.11. The number of aromatic carboxylic acids is 1. The molecule has 0 saturated carbocycles. The highest BCUT2D eigenvalue weighted by Crippen LogP contribution is 2.31. The van der Waals surface area contributed by atoms with Gasteiger partial charge in [0.2, 0.25) is 0 Å². The zero-order valence-electron chi connectivity index (χ0n) is 10.7. The van der Waals surface area contributed by atoms with Crippen LogP contribution in [0.4, 0.5) is 4.39 Å². The molecule has 1 aromatic carbocycles. The molecule has 0 aliphatic carbocycles. The Morgan fingerprint density at radius 2 is 2.00 bits per heavy atom. The van der Waals surface area contributed by atoms with Gasteiger partial charge in [0.1, 0.15) is 10.0 Å². The van der Waals surface area contributed by atoms with Gasteiger partial charge >= 0.3 is 5.97 Å². The number of benzene rings is 1. The van der Waals surface area contributed by atoms with E-state index in [1.165, 1.54) is 12.1 Å². The van der Waals surface area contributed by atoms with E-state index in [-0.39, 0.29) is 20.7 Å². The minimum atomic E-state index is -3.95. The summed E-state index contributed by atoms with van der Waals surface area (Å²) in [5.41, 5.74) is -0.156. The fourth-order valence-electron chi connectivity index (χ4n) is 2.08. The average molecular weight is 404 g/mol. The normalized spacial score (nSPS) is 11.9. The molecule has 0 saturated heterocycles. The number of fused-ring (bicyclic) bond motifs is 1. The quantitative estimate of drug-likeness (QED) is 0.725. The van der Waals surface area contributed by atoms with E-state index in [9.17, 15) is 22.7 Å². The minimum absolute atomic E-state index is 0.0340. The van der Waals surface area contributed by atoms with Crippen molar-refractivity contribution in [1.82, 2.24) is 3.97 Å². The van der Waals surface area contributed by atoms with Gasteiger partial charge in [-0.3, -0.25) is 0 Å². The third-order valence-corrected chi connectivity index (χ3v) is 6.79. The minimum Gasteiger partial charge on any atom is -0.478 e. The number of halogens is 2. The molecule has 0 amide bonds. The number of rotatable bonds is 3. The largest absolute Gasteiger partial charge is 0.478 e. The first kappa shape index (κ1) is 15.2. The molecule has 114 valence electrons. The molecular formula is C13H7BrFNO4S2. The molecule has 3 aromatic rings. The molecule has 2 heterocycles. The van der Waals surface area contributed by atoms with Gasteiger partial charge in [0, 0.05) is 11.6 Å². The standard InChI is InChI=1S/C13H7BrFNO4S2/c14-11-3-4-12(21-11)22(19,20)16-6-9(13(17)18)8-5-7(15)1-2-10(8)16/h1-6H,(H,17,18). The second-order valence-electron chi connectivity index (χ2n) is 4.37. The van der Waals surface area contributed by atoms with Crippen molar-refractivity contribution in [3.63, 3.8) is 0 Å². The van der Waals surface area contributed by atoms with Crippen LogP contribution in [0.15, 0.2) is 44.5 Å². The molecule has 0 bridgehead atoms. The number of hydrogen-bond acceptors (Lipinski definition) is 4. The Hall–Kier alpha value is -1.71. The number of thiophene rings is 1. The summed E-state index contributed by atoms with van der Waals surface area (Å²) in [7, 11) is -3.95. The maximum Gasteiger partial charge on any atom is 0.337 e. The van der Waals surface area contributed by atoms with Crippen molar-refractivity contribution in [1.29, 1.82) is 0 Å². The molecule has 2 aromatic heterocycles. The van der Waals surface area contributed by atoms with Crippen molar-refractivity contribution >= 4 is 54.2 Å². The third kappa shape index (κ3) is 2.34. The highest BCUT2D eigenvalue weighted by atomic mass is 79.9. The van der Waals surface area contributed by atoms with Crippen LogP contribution >= 0.6 is 27.3 Å². The van der Waals surface area contributed by atoms with Gasteiger partial charge in [-0.2, -0.15) is 8.42 Å². The Kier molecular flexibility index (Phi) is 3.58. The fourth-order valence-corrected chi connectivity index (χ4v) is 5.54. The Balaban J connectivity index is 2.34. The predicted octanol–water partition coefficient (Wildman–Crippen LogP) is 3.54. The number of nitrogens with zero attached hydrogens (tertiary/aromatic N) is 1. The lowest BCUT2D eigenvalue weighted by molar-refractivity contribution is 0.0699. The van der Waals surface area contributed by atoms with Crippen LogP contribution in [0.25, 0.3) is 10.9 Å². The lowest BCUT2D eigenvalue weighted by Crippen LogP contribution is -2.10. The molecule has 1 N–H and O–H groups in total. The van der Waals surface area contributed by atoms with Crippen LogP contribution in [-0.4, -0.2) is 23.5 Å². The van der Waals surface area contributed by atoms with Crippen LogP contribution < -0.4 is 0 Å². The number of hydrogen-bond donors (Lipinski definition) is 1. The van der Waals surface area contributed by atoms with Gasteiger partial charge < -0.3 is 5.11 Å². The fraction of sp³-hybridized carbons (Fsp3) is 0. The molecule has 9 heteroatoms. The van der Waals surface area contributed by atoms with Gasteiger partial charge in [-0.25, -0.2) is 13.2 Å². The van der Waals surface area contributed by atoms with Crippen LogP contribution in [0.3, 0.4) is 0 Å². The molecule has 0 radical (unpaired) electrons. The third-order valence-electron chi connectivity index (χ3n) is 3.02. The van der Waals surface area contributed by atoms with Gasteiger partial charge in [0.25, 0.3) is 10.0 Å². The van der Waals surface area contributed by atoms with Gasteiger partial charge in [-0.15, -0.1) is 11.3 Å².